The zero-order chi connectivity index (χ0) is 14.0. The molecule has 0 aromatic carbocycles. The SMILES string of the molecule is COC(=O)Cc1ccc(C(=O)c2cc(Br)sc2Br)s1. The van der Waals surface area contributed by atoms with Crippen LogP contribution in [0.25, 0.3) is 0 Å². The summed E-state index contributed by atoms with van der Waals surface area (Å²) in [6, 6.07) is 5.31. The second kappa shape index (κ2) is 6.30. The minimum atomic E-state index is -0.305. The van der Waals surface area contributed by atoms with Crippen LogP contribution < -0.4 is 0 Å². The third kappa shape index (κ3) is 3.53. The van der Waals surface area contributed by atoms with Gasteiger partial charge in [-0.2, -0.15) is 0 Å². The molecule has 2 aromatic heterocycles. The zero-order valence-corrected chi connectivity index (χ0v) is 14.5. The smallest absolute Gasteiger partial charge is 0.310 e. The Morgan fingerprint density at radius 1 is 1.26 bits per heavy atom. The van der Waals surface area contributed by atoms with Gasteiger partial charge in [0.15, 0.2) is 0 Å². The molecule has 3 nitrogen and oxygen atoms in total. The largest absolute Gasteiger partial charge is 0.469 e. The number of thiophene rings is 2. The van der Waals surface area contributed by atoms with Gasteiger partial charge in [-0.3, -0.25) is 9.59 Å². The van der Waals surface area contributed by atoms with Crippen LogP contribution in [0.1, 0.15) is 20.1 Å². The Morgan fingerprint density at radius 3 is 2.58 bits per heavy atom. The van der Waals surface area contributed by atoms with Crippen molar-refractivity contribution >= 4 is 66.3 Å². The van der Waals surface area contributed by atoms with Gasteiger partial charge in [0.25, 0.3) is 0 Å². The number of esters is 1. The average molecular weight is 424 g/mol. The van der Waals surface area contributed by atoms with Gasteiger partial charge in [0.2, 0.25) is 5.78 Å². The Hall–Kier alpha value is -0.500. The Kier molecular flexibility index (Phi) is 4.94. The van der Waals surface area contributed by atoms with Gasteiger partial charge in [-0.1, -0.05) is 0 Å². The van der Waals surface area contributed by atoms with E-state index < -0.39 is 0 Å². The lowest BCUT2D eigenvalue weighted by Crippen LogP contribution is -2.02. The molecule has 2 heterocycles. The van der Waals surface area contributed by atoms with Gasteiger partial charge in [-0.15, -0.1) is 22.7 Å². The van der Waals surface area contributed by atoms with Crippen LogP contribution in [0.3, 0.4) is 0 Å². The highest BCUT2D eigenvalue weighted by Gasteiger charge is 2.18. The van der Waals surface area contributed by atoms with Crippen LogP contribution in [0.5, 0.6) is 0 Å². The first-order valence-electron chi connectivity index (χ1n) is 5.16. The number of methoxy groups -OCH3 is 1. The molecule has 0 aliphatic rings. The summed E-state index contributed by atoms with van der Waals surface area (Å²) in [7, 11) is 1.35. The fourth-order valence-electron chi connectivity index (χ4n) is 1.44. The van der Waals surface area contributed by atoms with Crippen LogP contribution >= 0.6 is 54.5 Å². The molecule has 100 valence electrons. The Balaban J connectivity index is 2.21. The van der Waals surface area contributed by atoms with E-state index in [4.69, 9.17) is 0 Å². The molecule has 7 heteroatoms. The summed E-state index contributed by atoms with van der Waals surface area (Å²) in [5.74, 6) is -0.352. The monoisotopic (exact) mass is 422 g/mol. The Bertz CT molecular complexity index is 631. The fourth-order valence-corrected chi connectivity index (χ4v) is 5.18. The standard InChI is InChI=1S/C12H8Br2O3S2/c1-17-10(15)4-6-2-3-8(18-6)11(16)7-5-9(13)19-12(7)14/h2-3,5H,4H2,1H3. The Labute approximate surface area is 134 Å². The predicted octanol–water partition coefficient (Wildman–Crippen LogP) is 4.28. The minimum absolute atomic E-state index is 0.0464. The number of rotatable bonds is 4. The highest BCUT2D eigenvalue weighted by molar-refractivity contribution is 9.12. The molecule has 2 aromatic rings. The number of ether oxygens (including phenoxy) is 1. The Morgan fingerprint density at radius 2 is 2.00 bits per heavy atom. The van der Waals surface area contributed by atoms with Gasteiger partial charge in [0, 0.05) is 10.4 Å². The van der Waals surface area contributed by atoms with E-state index in [9.17, 15) is 9.59 Å². The fraction of sp³-hybridized carbons (Fsp3) is 0.167. The van der Waals surface area contributed by atoms with Gasteiger partial charge < -0.3 is 4.74 Å². The molecule has 0 radical (unpaired) electrons. The summed E-state index contributed by atoms with van der Waals surface area (Å²) in [6.07, 6.45) is 0.197. The highest BCUT2D eigenvalue weighted by atomic mass is 79.9. The van der Waals surface area contributed by atoms with E-state index in [0.29, 0.717) is 10.4 Å². The molecule has 0 aliphatic carbocycles. The van der Waals surface area contributed by atoms with Crippen molar-refractivity contribution in [1.82, 2.24) is 0 Å². The van der Waals surface area contributed by atoms with Crippen molar-refractivity contribution in [3.05, 3.63) is 41.1 Å². The lowest BCUT2D eigenvalue weighted by molar-refractivity contribution is -0.139. The van der Waals surface area contributed by atoms with Crippen molar-refractivity contribution < 1.29 is 14.3 Å². The molecule has 19 heavy (non-hydrogen) atoms. The molecule has 0 aliphatic heterocycles. The average Bonchev–Trinajstić information content (AvgIpc) is 2.95. The van der Waals surface area contributed by atoms with E-state index in [0.717, 1.165) is 12.4 Å². The number of hydrogen-bond acceptors (Lipinski definition) is 5. The first-order valence-corrected chi connectivity index (χ1v) is 8.38. The molecule has 0 spiro atoms. The maximum atomic E-state index is 12.3. The molecular weight excluding hydrogens is 416 g/mol. The van der Waals surface area contributed by atoms with Crippen molar-refractivity contribution in [3.63, 3.8) is 0 Å². The van der Waals surface area contributed by atoms with E-state index in [1.807, 2.05) is 0 Å². The number of halogens is 2. The molecule has 0 fully saturated rings. The molecule has 0 bridgehead atoms. The summed E-state index contributed by atoms with van der Waals surface area (Å²) in [5.41, 5.74) is 0.628. The minimum Gasteiger partial charge on any atom is -0.469 e. The van der Waals surface area contributed by atoms with Crippen molar-refractivity contribution in [2.75, 3.05) is 7.11 Å². The van der Waals surface area contributed by atoms with E-state index in [1.165, 1.54) is 29.8 Å². The second-order valence-corrected chi connectivity index (χ2v) is 8.50. The second-order valence-electron chi connectivity index (χ2n) is 3.59. The third-order valence-corrected chi connectivity index (χ3v) is 5.76. The lowest BCUT2D eigenvalue weighted by atomic mass is 10.2. The summed E-state index contributed by atoms with van der Waals surface area (Å²) in [4.78, 5) is 24.9. The van der Waals surface area contributed by atoms with E-state index in [-0.39, 0.29) is 18.2 Å². The summed E-state index contributed by atoms with van der Waals surface area (Å²) < 4.78 is 6.30. The molecule has 0 unspecified atom stereocenters. The summed E-state index contributed by atoms with van der Waals surface area (Å²) in [5, 5.41) is 0. The number of carbonyl (C=O) groups is 2. The van der Waals surface area contributed by atoms with Gasteiger partial charge in [0.1, 0.15) is 0 Å². The topological polar surface area (TPSA) is 43.4 Å². The van der Waals surface area contributed by atoms with E-state index in [1.54, 1.807) is 18.2 Å². The molecule has 0 saturated carbocycles. The van der Waals surface area contributed by atoms with Crippen LogP contribution in [0.15, 0.2) is 25.8 Å². The molecule has 0 N–H and O–H groups in total. The van der Waals surface area contributed by atoms with Crippen LogP contribution in [0, 0.1) is 0 Å². The van der Waals surface area contributed by atoms with Crippen LogP contribution in [0.4, 0.5) is 0 Å². The van der Waals surface area contributed by atoms with Gasteiger partial charge >= 0.3 is 5.97 Å². The van der Waals surface area contributed by atoms with E-state index >= 15 is 0 Å². The normalized spacial score (nSPS) is 10.5. The summed E-state index contributed by atoms with van der Waals surface area (Å²) >= 11 is 9.49. The first-order chi connectivity index (χ1) is 9.01. The third-order valence-electron chi connectivity index (χ3n) is 2.33. The van der Waals surface area contributed by atoms with Crippen molar-refractivity contribution in [1.29, 1.82) is 0 Å². The van der Waals surface area contributed by atoms with Crippen LogP contribution in [-0.4, -0.2) is 18.9 Å². The molecule has 2 rings (SSSR count). The van der Waals surface area contributed by atoms with Crippen molar-refractivity contribution in [2.45, 2.75) is 6.42 Å². The molecule has 0 saturated heterocycles. The first kappa shape index (κ1) is 14.9. The number of carbonyl (C=O) groups excluding carboxylic acids is 2. The maximum Gasteiger partial charge on any atom is 0.310 e. The van der Waals surface area contributed by atoms with E-state index in [2.05, 4.69) is 36.6 Å². The molecule has 0 atom stereocenters. The van der Waals surface area contributed by atoms with Gasteiger partial charge in [-0.25, -0.2) is 0 Å². The molecular formula is C12H8Br2O3S2. The predicted molar refractivity (Wildman–Crippen MR) is 83.2 cm³/mol. The van der Waals surface area contributed by atoms with Gasteiger partial charge in [-0.05, 0) is 50.1 Å². The molecule has 0 amide bonds. The van der Waals surface area contributed by atoms with Crippen molar-refractivity contribution in [2.24, 2.45) is 0 Å². The van der Waals surface area contributed by atoms with Gasteiger partial charge in [0.05, 0.1) is 26.0 Å². The highest BCUT2D eigenvalue weighted by Crippen LogP contribution is 2.34. The maximum absolute atomic E-state index is 12.3. The van der Waals surface area contributed by atoms with Crippen molar-refractivity contribution in [3.8, 4) is 0 Å². The zero-order valence-electron chi connectivity index (χ0n) is 9.74. The number of ketones is 1. The quantitative estimate of drug-likeness (QED) is 0.544. The van der Waals surface area contributed by atoms with Crippen LogP contribution in [0.2, 0.25) is 0 Å². The van der Waals surface area contributed by atoms with Crippen LogP contribution in [-0.2, 0) is 16.0 Å². The summed E-state index contributed by atoms with van der Waals surface area (Å²) in [6.45, 7) is 0. The lowest BCUT2D eigenvalue weighted by Gasteiger charge is -1.96. The number of hydrogen-bond donors (Lipinski definition) is 0.